The summed E-state index contributed by atoms with van der Waals surface area (Å²) in [7, 11) is 1.95. The van der Waals surface area contributed by atoms with Gasteiger partial charge < -0.3 is 5.32 Å². The quantitative estimate of drug-likeness (QED) is 0.887. The number of aliphatic imine (C=N–C) groups is 1. The van der Waals surface area contributed by atoms with Crippen LogP contribution < -0.4 is 5.32 Å². The van der Waals surface area contributed by atoms with Gasteiger partial charge in [0.1, 0.15) is 0 Å². The van der Waals surface area contributed by atoms with E-state index in [0.29, 0.717) is 0 Å². The minimum atomic E-state index is 0.784. The van der Waals surface area contributed by atoms with Gasteiger partial charge in [-0.1, -0.05) is 42.1 Å². The van der Waals surface area contributed by atoms with Crippen LogP contribution in [0.4, 0.5) is 5.69 Å². The topological polar surface area (TPSA) is 24.4 Å². The van der Waals surface area contributed by atoms with E-state index < -0.39 is 0 Å². The molecule has 90 valence electrons. The van der Waals surface area contributed by atoms with Gasteiger partial charge in [0.15, 0.2) is 0 Å². The highest BCUT2D eigenvalue weighted by Gasteiger charge is 2.15. The zero-order chi connectivity index (χ0) is 12.4. The van der Waals surface area contributed by atoms with Crippen LogP contribution in [-0.4, -0.2) is 19.3 Å². The fraction of sp³-hybridized carbons (Fsp3) is 0.133. The third-order valence-corrected chi connectivity index (χ3v) is 4.02. The molecule has 3 rings (SSSR count). The van der Waals surface area contributed by atoms with E-state index in [1.165, 1.54) is 15.4 Å². The second kappa shape index (κ2) is 4.96. The second-order valence-corrected chi connectivity index (χ2v) is 5.24. The Morgan fingerprint density at radius 1 is 1.00 bits per heavy atom. The number of likely N-dealkylation sites (N-methyl/N-ethyl adjacent to an activating group) is 1. The summed E-state index contributed by atoms with van der Waals surface area (Å²) in [5.74, 6) is 0. The van der Waals surface area contributed by atoms with E-state index in [0.717, 1.165) is 17.9 Å². The average Bonchev–Trinajstić information content (AvgIpc) is 2.56. The van der Waals surface area contributed by atoms with E-state index in [2.05, 4.69) is 47.8 Å². The first-order chi connectivity index (χ1) is 8.88. The van der Waals surface area contributed by atoms with Crippen LogP contribution in [0.3, 0.4) is 0 Å². The molecule has 1 aliphatic heterocycles. The Morgan fingerprint density at radius 3 is 2.56 bits per heavy atom. The number of nitrogens with one attached hydrogen (secondary N) is 1. The van der Waals surface area contributed by atoms with Crippen LogP contribution in [0.15, 0.2) is 63.3 Å². The Bertz CT molecular complexity index is 605. The number of para-hydroxylation sites is 1. The molecular weight excluding hydrogens is 240 g/mol. The average molecular weight is 254 g/mol. The number of hydrogen-bond donors (Lipinski definition) is 1. The van der Waals surface area contributed by atoms with Gasteiger partial charge in [-0.3, -0.25) is 4.99 Å². The first-order valence-electron chi connectivity index (χ1n) is 5.97. The van der Waals surface area contributed by atoms with Crippen molar-refractivity contribution < 1.29 is 0 Å². The number of fused-ring (bicyclic) bond motifs is 2. The maximum Gasteiger partial charge on any atom is 0.0773 e. The van der Waals surface area contributed by atoms with Crippen LogP contribution >= 0.6 is 11.8 Å². The zero-order valence-corrected chi connectivity index (χ0v) is 11.0. The second-order valence-electron chi connectivity index (χ2n) is 4.15. The summed E-state index contributed by atoms with van der Waals surface area (Å²) in [5, 5.41) is 3.20. The third-order valence-electron chi connectivity index (χ3n) is 2.88. The molecular formula is C15H14N2S. The predicted molar refractivity (Wildman–Crippen MR) is 77.1 cm³/mol. The number of benzene rings is 2. The van der Waals surface area contributed by atoms with E-state index in [9.17, 15) is 0 Å². The molecule has 1 aliphatic rings. The van der Waals surface area contributed by atoms with Crippen molar-refractivity contribution >= 4 is 23.2 Å². The molecule has 0 fully saturated rings. The number of rotatable bonds is 2. The molecule has 0 aromatic heterocycles. The molecule has 0 unspecified atom stereocenters. The summed E-state index contributed by atoms with van der Waals surface area (Å²) >= 11 is 1.79. The van der Waals surface area contributed by atoms with Gasteiger partial charge >= 0.3 is 0 Å². The smallest absolute Gasteiger partial charge is 0.0773 e. The van der Waals surface area contributed by atoms with Gasteiger partial charge in [0.05, 0.1) is 11.4 Å². The molecule has 2 aromatic carbocycles. The molecule has 1 N–H and O–H groups in total. The van der Waals surface area contributed by atoms with E-state index in [-0.39, 0.29) is 0 Å². The van der Waals surface area contributed by atoms with Gasteiger partial charge in [-0.05, 0) is 25.2 Å². The van der Waals surface area contributed by atoms with Crippen LogP contribution in [0, 0.1) is 0 Å². The van der Waals surface area contributed by atoms with Gasteiger partial charge in [-0.15, -0.1) is 0 Å². The van der Waals surface area contributed by atoms with Crippen LogP contribution in [0.2, 0.25) is 0 Å². The van der Waals surface area contributed by atoms with Gasteiger partial charge in [-0.25, -0.2) is 0 Å². The molecule has 0 bridgehead atoms. The van der Waals surface area contributed by atoms with Gasteiger partial charge in [0, 0.05) is 21.9 Å². The molecule has 0 saturated carbocycles. The zero-order valence-electron chi connectivity index (χ0n) is 10.2. The maximum absolute atomic E-state index is 4.80. The van der Waals surface area contributed by atoms with Gasteiger partial charge in [0.2, 0.25) is 0 Å². The molecule has 2 nitrogen and oxygen atoms in total. The fourth-order valence-corrected chi connectivity index (χ4v) is 3.10. The molecule has 0 spiro atoms. The van der Waals surface area contributed by atoms with Gasteiger partial charge in [0.25, 0.3) is 0 Å². The SMILES string of the molecule is CNCC1=Nc2ccccc2Sc2ccccc21. The lowest BCUT2D eigenvalue weighted by molar-refractivity contribution is 0.944. The first-order valence-corrected chi connectivity index (χ1v) is 6.78. The van der Waals surface area contributed by atoms with Crippen molar-refractivity contribution in [1.82, 2.24) is 5.32 Å². The molecule has 0 atom stereocenters. The molecule has 0 aliphatic carbocycles. The lowest BCUT2D eigenvalue weighted by Gasteiger charge is -2.07. The highest BCUT2D eigenvalue weighted by Crippen LogP contribution is 2.39. The minimum absolute atomic E-state index is 0.784. The standard InChI is InChI=1S/C15H14N2S/c1-16-10-13-11-6-2-4-8-14(11)18-15-9-5-3-7-12(15)17-13/h2-9,16H,10H2,1H3. The monoisotopic (exact) mass is 254 g/mol. The normalized spacial score (nSPS) is 13.3. The van der Waals surface area contributed by atoms with Crippen LogP contribution in [-0.2, 0) is 0 Å². The van der Waals surface area contributed by atoms with Crippen molar-refractivity contribution in [3.05, 3.63) is 54.1 Å². The van der Waals surface area contributed by atoms with Crippen molar-refractivity contribution in [2.75, 3.05) is 13.6 Å². The Balaban J connectivity index is 2.19. The molecule has 0 saturated heterocycles. The predicted octanol–water partition coefficient (Wildman–Crippen LogP) is 3.49. The van der Waals surface area contributed by atoms with Crippen LogP contribution in [0.5, 0.6) is 0 Å². The van der Waals surface area contributed by atoms with Crippen LogP contribution in [0.25, 0.3) is 0 Å². The van der Waals surface area contributed by atoms with Crippen molar-refractivity contribution in [2.24, 2.45) is 4.99 Å². The summed E-state index contributed by atoms with van der Waals surface area (Å²) in [6.07, 6.45) is 0. The fourth-order valence-electron chi connectivity index (χ4n) is 2.06. The largest absolute Gasteiger partial charge is 0.314 e. The molecule has 1 heterocycles. The molecule has 18 heavy (non-hydrogen) atoms. The summed E-state index contributed by atoms with van der Waals surface area (Å²) < 4.78 is 0. The van der Waals surface area contributed by atoms with Crippen LogP contribution in [0.1, 0.15) is 5.56 Å². The molecule has 3 heteroatoms. The van der Waals surface area contributed by atoms with E-state index in [1.54, 1.807) is 11.8 Å². The van der Waals surface area contributed by atoms with E-state index in [1.807, 2.05) is 13.1 Å². The van der Waals surface area contributed by atoms with Crippen molar-refractivity contribution in [2.45, 2.75) is 9.79 Å². The van der Waals surface area contributed by atoms with Gasteiger partial charge in [-0.2, -0.15) is 0 Å². The highest BCUT2D eigenvalue weighted by atomic mass is 32.2. The van der Waals surface area contributed by atoms with Crippen molar-refractivity contribution in [3.63, 3.8) is 0 Å². The highest BCUT2D eigenvalue weighted by molar-refractivity contribution is 7.99. The molecule has 0 amide bonds. The Labute approximate surface area is 111 Å². The minimum Gasteiger partial charge on any atom is -0.314 e. The van der Waals surface area contributed by atoms with Crippen molar-refractivity contribution in [1.29, 1.82) is 0 Å². The Kier molecular flexibility index (Phi) is 3.17. The summed E-state index contributed by atoms with van der Waals surface area (Å²) in [5.41, 5.74) is 3.39. The lowest BCUT2D eigenvalue weighted by atomic mass is 10.1. The van der Waals surface area contributed by atoms with Crippen molar-refractivity contribution in [3.8, 4) is 0 Å². The lowest BCUT2D eigenvalue weighted by Crippen LogP contribution is -2.19. The third kappa shape index (κ3) is 2.07. The summed E-state index contributed by atoms with van der Waals surface area (Å²) in [4.78, 5) is 7.30. The molecule has 2 aromatic rings. The number of hydrogen-bond acceptors (Lipinski definition) is 3. The maximum atomic E-state index is 4.80. The van der Waals surface area contributed by atoms with E-state index >= 15 is 0 Å². The summed E-state index contributed by atoms with van der Waals surface area (Å²) in [6, 6.07) is 16.8. The molecule has 0 radical (unpaired) electrons. The first kappa shape index (κ1) is 11.5. The van der Waals surface area contributed by atoms with E-state index in [4.69, 9.17) is 4.99 Å². The Hall–Kier alpha value is -1.58. The Morgan fingerprint density at radius 2 is 1.72 bits per heavy atom. The summed E-state index contributed by atoms with van der Waals surface area (Å²) in [6.45, 7) is 0.784. The number of nitrogens with zero attached hydrogens (tertiary/aromatic N) is 1.